The predicted molar refractivity (Wildman–Crippen MR) is 106 cm³/mol. The van der Waals surface area contributed by atoms with Gasteiger partial charge in [0.25, 0.3) is 0 Å². The monoisotopic (exact) mass is 398 g/mol. The Labute approximate surface area is 172 Å². The Morgan fingerprint density at radius 3 is 2.50 bits per heavy atom. The standard InChI is InChI=1S/C23H18N4O3/c1-23(2)7-14-17(15(28)8-23)16(12-5-3-11(9-24)4-6-12)18-20(26-14)21(29)13-10-25-27-19(13)22(18)30/h3-6,10,16,26H,7-8H2,1-2H3,(H,25,27). The molecule has 30 heavy (non-hydrogen) atoms. The number of hydrogen-bond acceptors (Lipinski definition) is 6. The molecule has 0 radical (unpaired) electrons. The molecule has 1 aliphatic heterocycles. The van der Waals surface area contributed by atoms with Gasteiger partial charge < -0.3 is 5.32 Å². The number of nitrogens with one attached hydrogen (secondary N) is 2. The Kier molecular flexibility index (Phi) is 3.71. The number of dihydropyridines is 1. The Hall–Kier alpha value is -3.79. The van der Waals surface area contributed by atoms with E-state index in [9.17, 15) is 14.4 Å². The van der Waals surface area contributed by atoms with Crippen molar-refractivity contribution in [1.82, 2.24) is 15.5 Å². The van der Waals surface area contributed by atoms with Gasteiger partial charge in [-0.3, -0.25) is 19.5 Å². The minimum atomic E-state index is -0.666. The van der Waals surface area contributed by atoms with E-state index in [-0.39, 0.29) is 45.3 Å². The number of aromatic nitrogens is 2. The lowest BCUT2D eigenvalue weighted by Crippen LogP contribution is -2.42. The number of fused-ring (bicyclic) bond motifs is 1. The normalized spacial score (nSPS) is 22.2. The molecule has 2 aromatic rings. The molecule has 2 heterocycles. The highest BCUT2D eigenvalue weighted by molar-refractivity contribution is 6.27. The number of nitriles is 1. The van der Waals surface area contributed by atoms with Crippen molar-refractivity contribution in [2.24, 2.45) is 5.41 Å². The molecule has 1 aromatic carbocycles. The van der Waals surface area contributed by atoms with E-state index in [0.717, 1.165) is 0 Å². The quantitative estimate of drug-likeness (QED) is 0.763. The van der Waals surface area contributed by atoms with Gasteiger partial charge in [-0.15, -0.1) is 0 Å². The Bertz CT molecular complexity index is 1250. The molecule has 1 atom stereocenters. The van der Waals surface area contributed by atoms with Crippen LogP contribution >= 0.6 is 0 Å². The van der Waals surface area contributed by atoms with E-state index < -0.39 is 5.92 Å². The van der Waals surface area contributed by atoms with Crippen LogP contribution in [-0.4, -0.2) is 27.5 Å². The number of carbonyl (C=O) groups is 3. The van der Waals surface area contributed by atoms with Crippen molar-refractivity contribution in [3.8, 4) is 6.07 Å². The van der Waals surface area contributed by atoms with Gasteiger partial charge in [0.1, 0.15) is 5.69 Å². The third kappa shape index (κ3) is 2.50. The van der Waals surface area contributed by atoms with Crippen LogP contribution in [0.1, 0.15) is 64.6 Å². The summed E-state index contributed by atoms with van der Waals surface area (Å²) in [6.07, 6.45) is 2.31. The highest BCUT2D eigenvalue weighted by Crippen LogP contribution is 2.48. The van der Waals surface area contributed by atoms with Crippen LogP contribution in [0.25, 0.3) is 0 Å². The summed E-state index contributed by atoms with van der Waals surface area (Å²) in [5.74, 6) is -1.36. The largest absolute Gasteiger partial charge is 0.355 e. The zero-order valence-electron chi connectivity index (χ0n) is 16.5. The van der Waals surface area contributed by atoms with E-state index in [1.54, 1.807) is 24.3 Å². The number of carbonyl (C=O) groups excluding carboxylic acids is 3. The maximum atomic E-state index is 13.4. The molecule has 7 heteroatoms. The lowest BCUT2D eigenvalue weighted by Gasteiger charge is -2.40. The number of allylic oxidation sites excluding steroid dienone is 4. The van der Waals surface area contributed by atoms with Gasteiger partial charge in [0.15, 0.2) is 5.78 Å². The maximum Gasteiger partial charge on any atom is 0.213 e. The van der Waals surface area contributed by atoms with Gasteiger partial charge in [0, 0.05) is 29.2 Å². The number of ketones is 3. The van der Waals surface area contributed by atoms with Crippen LogP contribution in [0.4, 0.5) is 0 Å². The van der Waals surface area contributed by atoms with Crippen LogP contribution in [0.3, 0.4) is 0 Å². The molecule has 148 valence electrons. The molecule has 7 nitrogen and oxygen atoms in total. The topological polar surface area (TPSA) is 116 Å². The second-order valence-corrected chi connectivity index (χ2v) is 8.73. The maximum absolute atomic E-state index is 13.4. The zero-order chi connectivity index (χ0) is 21.2. The number of rotatable bonds is 1. The highest BCUT2D eigenvalue weighted by atomic mass is 16.1. The summed E-state index contributed by atoms with van der Waals surface area (Å²) in [6, 6.07) is 8.89. The summed E-state index contributed by atoms with van der Waals surface area (Å²) in [5.41, 5.74) is 3.00. The van der Waals surface area contributed by atoms with Crippen LogP contribution in [0.2, 0.25) is 0 Å². The van der Waals surface area contributed by atoms with Crippen LogP contribution in [0.5, 0.6) is 0 Å². The molecule has 0 fully saturated rings. The van der Waals surface area contributed by atoms with Crippen LogP contribution in [-0.2, 0) is 4.79 Å². The number of Topliss-reactive ketones (excluding diaryl/α,β-unsaturated/α-hetero) is 3. The average Bonchev–Trinajstić information content (AvgIpc) is 3.20. The number of nitrogens with zero attached hydrogens (tertiary/aromatic N) is 2. The SMILES string of the molecule is CC1(C)CC(=O)C2=C(C1)NC1=C(C(=O)c3[nH]ncc3C1=O)C2c1ccc(C#N)cc1. The van der Waals surface area contributed by atoms with E-state index in [2.05, 4.69) is 21.6 Å². The first-order valence-electron chi connectivity index (χ1n) is 9.71. The van der Waals surface area contributed by atoms with Gasteiger partial charge in [-0.1, -0.05) is 26.0 Å². The third-order valence-corrected chi connectivity index (χ3v) is 6.00. The lowest BCUT2D eigenvalue weighted by atomic mass is 9.66. The van der Waals surface area contributed by atoms with Gasteiger partial charge in [0.05, 0.1) is 29.1 Å². The van der Waals surface area contributed by atoms with E-state index in [4.69, 9.17) is 5.26 Å². The van der Waals surface area contributed by atoms with E-state index >= 15 is 0 Å². The average molecular weight is 398 g/mol. The van der Waals surface area contributed by atoms with Crippen LogP contribution < -0.4 is 5.32 Å². The number of hydrogen-bond donors (Lipinski definition) is 2. The van der Waals surface area contributed by atoms with Gasteiger partial charge in [-0.2, -0.15) is 10.4 Å². The van der Waals surface area contributed by atoms with Gasteiger partial charge in [-0.25, -0.2) is 0 Å². The predicted octanol–water partition coefficient (Wildman–Crippen LogP) is 2.94. The smallest absolute Gasteiger partial charge is 0.213 e. The molecule has 1 aromatic heterocycles. The molecule has 1 unspecified atom stereocenters. The first kappa shape index (κ1) is 18.3. The Morgan fingerprint density at radius 2 is 1.80 bits per heavy atom. The molecule has 0 saturated heterocycles. The second kappa shape index (κ2) is 6.10. The summed E-state index contributed by atoms with van der Waals surface area (Å²) >= 11 is 0. The van der Waals surface area contributed by atoms with Crippen molar-refractivity contribution < 1.29 is 14.4 Å². The number of benzene rings is 1. The van der Waals surface area contributed by atoms with Crippen molar-refractivity contribution in [3.63, 3.8) is 0 Å². The molecule has 3 aliphatic rings. The van der Waals surface area contributed by atoms with Crippen molar-refractivity contribution in [2.75, 3.05) is 0 Å². The van der Waals surface area contributed by atoms with Crippen molar-refractivity contribution in [3.05, 3.63) is 75.4 Å². The van der Waals surface area contributed by atoms with E-state index in [1.807, 2.05) is 13.8 Å². The first-order valence-corrected chi connectivity index (χ1v) is 9.71. The summed E-state index contributed by atoms with van der Waals surface area (Å²) in [7, 11) is 0. The third-order valence-electron chi connectivity index (χ3n) is 6.00. The van der Waals surface area contributed by atoms with Gasteiger partial charge in [-0.05, 0) is 29.5 Å². The Morgan fingerprint density at radius 1 is 1.07 bits per heavy atom. The van der Waals surface area contributed by atoms with Crippen molar-refractivity contribution in [2.45, 2.75) is 32.6 Å². The number of aromatic amines is 1. The fourth-order valence-electron chi connectivity index (χ4n) is 4.70. The molecule has 5 rings (SSSR count). The second-order valence-electron chi connectivity index (χ2n) is 8.73. The fourth-order valence-corrected chi connectivity index (χ4v) is 4.70. The number of H-pyrrole nitrogens is 1. The molecule has 2 N–H and O–H groups in total. The summed E-state index contributed by atoms with van der Waals surface area (Å²) in [5, 5.41) is 18.8. The molecule has 0 spiro atoms. The summed E-state index contributed by atoms with van der Waals surface area (Å²) < 4.78 is 0. The summed E-state index contributed by atoms with van der Waals surface area (Å²) in [4.78, 5) is 39.8. The minimum absolute atomic E-state index is 0.0367. The first-order chi connectivity index (χ1) is 14.3. The van der Waals surface area contributed by atoms with Gasteiger partial charge >= 0.3 is 0 Å². The molecule has 2 aliphatic carbocycles. The van der Waals surface area contributed by atoms with E-state index in [0.29, 0.717) is 35.2 Å². The van der Waals surface area contributed by atoms with Gasteiger partial charge in [0.2, 0.25) is 11.6 Å². The molecule has 0 amide bonds. The van der Waals surface area contributed by atoms with Crippen molar-refractivity contribution in [1.29, 1.82) is 5.26 Å². The fraction of sp³-hybridized carbons (Fsp3) is 0.261. The highest BCUT2D eigenvalue weighted by Gasteiger charge is 2.47. The molecule has 0 saturated carbocycles. The van der Waals surface area contributed by atoms with Crippen LogP contribution in [0.15, 0.2) is 53.0 Å². The minimum Gasteiger partial charge on any atom is -0.355 e. The zero-order valence-corrected chi connectivity index (χ0v) is 16.5. The van der Waals surface area contributed by atoms with Crippen LogP contribution in [0, 0.1) is 16.7 Å². The van der Waals surface area contributed by atoms with E-state index in [1.165, 1.54) is 6.20 Å². The molecular weight excluding hydrogens is 380 g/mol. The lowest BCUT2D eigenvalue weighted by molar-refractivity contribution is -0.118. The van der Waals surface area contributed by atoms with Crippen molar-refractivity contribution >= 4 is 17.3 Å². The summed E-state index contributed by atoms with van der Waals surface area (Å²) in [6.45, 7) is 4.03. The molecule has 0 bridgehead atoms. The molecular formula is C23H18N4O3. The Balaban J connectivity index is 1.75.